The molecule has 0 radical (unpaired) electrons. The van der Waals surface area contributed by atoms with Crippen molar-refractivity contribution in [2.24, 2.45) is 0 Å². The van der Waals surface area contributed by atoms with Gasteiger partial charge >= 0.3 is 0 Å². The molecule has 8 aromatic carbocycles. The quantitative estimate of drug-likeness (QED) is 0.139. The Morgan fingerprint density at radius 1 is 0.320 bits per heavy atom. The number of nitrogens with zero attached hydrogens (tertiary/aromatic N) is 2. The molecule has 0 saturated heterocycles. The minimum Gasteiger partial charge on any atom is -0.456 e. The lowest BCUT2D eigenvalue weighted by Crippen LogP contribution is -2.19. The third-order valence-corrected chi connectivity index (χ3v) is 11.0. The monoisotopic (exact) mass is 640 g/mol. The number of hydrogen-bond acceptors (Lipinski definition) is 4. The highest BCUT2D eigenvalue weighted by molar-refractivity contribution is 6.26. The molecule has 0 unspecified atom stereocenters. The Hall–Kier alpha value is -6.52. The van der Waals surface area contributed by atoms with E-state index in [9.17, 15) is 0 Å². The van der Waals surface area contributed by atoms with E-state index in [0.29, 0.717) is 0 Å². The van der Waals surface area contributed by atoms with Gasteiger partial charge in [0.05, 0.1) is 11.4 Å². The first kappa shape index (κ1) is 26.4. The van der Waals surface area contributed by atoms with E-state index in [1.807, 2.05) is 0 Å². The van der Waals surface area contributed by atoms with Crippen molar-refractivity contribution >= 4 is 78.0 Å². The zero-order valence-electron chi connectivity index (χ0n) is 27.0. The fraction of sp³-hybridized carbons (Fsp3) is 0.0435. The van der Waals surface area contributed by atoms with Crippen LogP contribution in [0.2, 0.25) is 0 Å². The van der Waals surface area contributed by atoms with Gasteiger partial charge in [-0.2, -0.15) is 0 Å². The van der Waals surface area contributed by atoms with Gasteiger partial charge in [0.15, 0.2) is 0 Å². The Balaban J connectivity index is 1.14. The molecule has 4 aliphatic heterocycles. The van der Waals surface area contributed by atoms with Gasteiger partial charge in [0.2, 0.25) is 0 Å². The van der Waals surface area contributed by atoms with Crippen LogP contribution in [0.15, 0.2) is 154 Å². The average Bonchev–Trinajstić information content (AvgIpc) is 3.17. The predicted octanol–water partition coefficient (Wildman–Crippen LogP) is 12.8. The van der Waals surface area contributed by atoms with Crippen molar-refractivity contribution in [3.05, 3.63) is 168 Å². The summed E-state index contributed by atoms with van der Waals surface area (Å²) in [5.41, 5.74) is 18.1. The fourth-order valence-corrected chi connectivity index (χ4v) is 8.93. The maximum Gasteiger partial charge on any atom is 0.136 e. The molecule has 0 bridgehead atoms. The number of rotatable bonds is 2. The molecular formula is C46H28N2O2. The van der Waals surface area contributed by atoms with Crippen LogP contribution in [0.1, 0.15) is 22.3 Å². The first-order valence-electron chi connectivity index (χ1n) is 17.3. The molecule has 0 spiro atoms. The Labute approximate surface area is 287 Å². The molecular weight excluding hydrogens is 613 g/mol. The third kappa shape index (κ3) is 3.40. The summed E-state index contributed by atoms with van der Waals surface area (Å²) in [6, 6.07) is 52.5. The van der Waals surface area contributed by atoms with Crippen LogP contribution in [0.5, 0.6) is 0 Å². The van der Waals surface area contributed by atoms with Gasteiger partial charge in [0.1, 0.15) is 22.3 Å². The van der Waals surface area contributed by atoms with Gasteiger partial charge in [-0.3, -0.25) is 0 Å². The molecule has 0 saturated carbocycles. The van der Waals surface area contributed by atoms with Crippen LogP contribution in [0.25, 0.3) is 55.0 Å². The van der Waals surface area contributed by atoms with Crippen LogP contribution in [0.3, 0.4) is 0 Å². The predicted molar refractivity (Wildman–Crippen MR) is 204 cm³/mol. The van der Waals surface area contributed by atoms with E-state index >= 15 is 0 Å². The molecule has 0 N–H and O–H groups in total. The van der Waals surface area contributed by atoms with Gasteiger partial charge in [-0.05, 0) is 95.1 Å². The standard InChI is InChI=1S/C46H28N2O2/c1-5-13-33-27(9-1)25-28-10-2-6-14-34(28)47(33)37-19-23-39-43-31(37)17-21-41-45(43)46-42(49-39)22-18-32-38(20-24-40(50-41)44(32)46)48-35-15-7-3-11-29(35)26-30-12-4-8-16-36(30)48/h1-24H,25-26H2. The molecule has 0 amide bonds. The highest BCUT2D eigenvalue weighted by Gasteiger charge is 2.31. The van der Waals surface area contributed by atoms with E-state index < -0.39 is 0 Å². The minimum atomic E-state index is 0.855. The second-order valence-electron chi connectivity index (χ2n) is 13.6. The van der Waals surface area contributed by atoms with Crippen LogP contribution >= 0.6 is 0 Å². The average molecular weight is 641 g/mol. The largest absolute Gasteiger partial charge is 0.456 e. The van der Waals surface area contributed by atoms with Crippen molar-refractivity contribution in [2.45, 2.75) is 12.8 Å². The van der Waals surface area contributed by atoms with E-state index in [1.165, 1.54) is 45.0 Å². The summed E-state index contributed by atoms with van der Waals surface area (Å²) in [4.78, 5) is 4.85. The molecule has 0 atom stereocenters. The zero-order valence-corrected chi connectivity index (χ0v) is 27.0. The second kappa shape index (κ2) is 9.55. The number of fused-ring (bicyclic) bond motifs is 4. The lowest BCUT2D eigenvalue weighted by Gasteiger charge is -2.35. The molecule has 50 heavy (non-hydrogen) atoms. The first-order chi connectivity index (χ1) is 24.8. The SMILES string of the molecule is c1ccc2c(c1)Cc1ccccc1N2c1ccc2oc3ccc4c(N5c6ccccc6Cc6ccccc65)ccc5oc6ccc1c2c6-c3c54. The Morgan fingerprint density at radius 3 is 1.04 bits per heavy atom. The lowest BCUT2D eigenvalue weighted by molar-refractivity contribution is 0.646. The lowest BCUT2D eigenvalue weighted by atomic mass is 9.88. The maximum absolute atomic E-state index is 6.83. The molecule has 4 nitrogen and oxygen atoms in total. The molecule has 12 rings (SSSR count). The summed E-state index contributed by atoms with van der Waals surface area (Å²) >= 11 is 0. The van der Waals surface area contributed by atoms with Gasteiger partial charge < -0.3 is 18.6 Å². The van der Waals surface area contributed by atoms with Crippen LogP contribution in [-0.4, -0.2) is 0 Å². The van der Waals surface area contributed by atoms with Gasteiger partial charge in [0, 0.05) is 68.3 Å². The summed E-state index contributed by atoms with van der Waals surface area (Å²) in [7, 11) is 0. The zero-order chi connectivity index (χ0) is 32.5. The van der Waals surface area contributed by atoms with Gasteiger partial charge in [0.25, 0.3) is 0 Å². The van der Waals surface area contributed by atoms with E-state index in [4.69, 9.17) is 8.83 Å². The fourth-order valence-electron chi connectivity index (χ4n) is 8.93. The summed E-state index contributed by atoms with van der Waals surface area (Å²) in [6.07, 6.45) is 1.84. The summed E-state index contributed by atoms with van der Waals surface area (Å²) < 4.78 is 13.7. The molecule has 0 aromatic heterocycles. The van der Waals surface area contributed by atoms with Gasteiger partial charge in [-0.1, -0.05) is 72.8 Å². The highest BCUT2D eigenvalue weighted by atomic mass is 16.3. The summed E-state index contributed by atoms with van der Waals surface area (Å²) in [5, 5.41) is 4.45. The van der Waals surface area contributed by atoms with Crippen LogP contribution < -0.4 is 9.80 Å². The van der Waals surface area contributed by atoms with Crippen molar-refractivity contribution < 1.29 is 8.83 Å². The molecule has 4 aliphatic rings. The topological polar surface area (TPSA) is 32.8 Å². The van der Waals surface area contributed by atoms with Crippen molar-refractivity contribution in [3.8, 4) is 11.1 Å². The normalized spacial score (nSPS) is 13.8. The summed E-state index contributed by atoms with van der Waals surface area (Å²) in [6.45, 7) is 0. The second-order valence-corrected chi connectivity index (χ2v) is 13.6. The van der Waals surface area contributed by atoms with E-state index in [-0.39, 0.29) is 0 Å². The Bertz CT molecular complexity index is 2670. The van der Waals surface area contributed by atoms with Crippen molar-refractivity contribution in [2.75, 3.05) is 9.80 Å². The van der Waals surface area contributed by atoms with E-state index in [2.05, 4.69) is 155 Å². The number of benzene rings is 8. The smallest absolute Gasteiger partial charge is 0.136 e. The number of anilines is 6. The van der Waals surface area contributed by atoms with Crippen molar-refractivity contribution in [1.82, 2.24) is 0 Å². The van der Waals surface area contributed by atoms with Crippen LogP contribution in [-0.2, 0) is 12.8 Å². The van der Waals surface area contributed by atoms with Gasteiger partial charge in [-0.15, -0.1) is 0 Å². The van der Waals surface area contributed by atoms with E-state index in [1.54, 1.807) is 0 Å². The Morgan fingerprint density at radius 2 is 0.660 bits per heavy atom. The van der Waals surface area contributed by atoms with Crippen LogP contribution in [0, 0.1) is 0 Å². The van der Waals surface area contributed by atoms with E-state index in [0.717, 1.165) is 79.2 Å². The number of para-hydroxylation sites is 4. The maximum atomic E-state index is 6.83. The minimum absolute atomic E-state index is 0.855. The molecule has 4 heterocycles. The third-order valence-electron chi connectivity index (χ3n) is 11.0. The van der Waals surface area contributed by atoms with Crippen molar-refractivity contribution in [1.29, 1.82) is 0 Å². The molecule has 0 aliphatic carbocycles. The highest BCUT2D eigenvalue weighted by Crippen LogP contribution is 2.54. The first-order valence-corrected chi connectivity index (χ1v) is 17.3. The van der Waals surface area contributed by atoms with Gasteiger partial charge in [-0.25, -0.2) is 0 Å². The molecule has 234 valence electrons. The Kier molecular flexibility index (Phi) is 5.05. The van der Waals surface area contributed by atoms with Crippen molar-refractivity contribution in [3.63, 3.8) is 0 Å². The van der Waals surface area contributed by atoms with Crippen LogP contribution in [0.4, 0.5) is 34.1 Å². The molecule has 0 fully saturated rings. The summed E-state index contributed by atoms with van der Waals surface area (Å²) in [5.74, 6) is 0. The number of hydrogen-bond donors (Lipinski definition) is 0. The molecule has 4 heteroatoms. The molecule has 8 aromatic rings.